The molecule has 1 saturated carbocycles. The number of aromatic nitrogens is 1. The van der Waals surface area contributed by atoms with E-state index in [0.29, 0.717) is 6.10 Å². The lowest BCUT2D eigenvalue weighted by molar-refractivity contribution is 0.0617. The first kappa shape index (κ1) is 10.9. The van der Waals surface area contributed by atoms with E-state index in [9.17, 15) is 0 Å². The molecule has 3 nitrogen and oxygen atoms in total. The number of pyridine rings is 1. The van der Waals surface area contributed by atoms with E-state index >= 15 is 0 Å². The molecule has 0 aliphatic heterocycles. The minimum atomic E-state index is 0.358. The number of ether oxygens (including phenoxy) is 1. The molecule has 0 spiro atoms. The van der Waals surface area contributed by atoms with Crippen molar-refractivity contribution < 1.29 is 4.74 Å². The zero-order valence-corrected chi connectivity index (χ0v) is 10.3. The summed E-state index contributed by atoms with van der Waals surface area (Å²) in [4.78, 5) is 4.19. The summed E-state index contributed by atoms with van der Waals surface area (Å²) in [7, 11) is 1.99. The Morgan fingerprint density at radius 1 is 1.53 bits per heavy atom. The second-order valence-corrected chi connectivity index (χ2v) is 4.87. The molecule has 1 fully saturated rings. The SMILES string of the molecule is CNCC1CC(Oc2ccc(Br)cn2)C1. The molecule has 1 aromatic rings. The van der Waals surface area contributed by atoms with Gasteiger partial charge in [-0.25, -0.2) is 4.98 Å². The Morgan fingerprint density at radius 3 is 2.93 bits per heavy atom. The Labute approximate surface area is 98.4 Å². The van der Waals surface area contributed by atoms with Crippen molar-refractivity contribution in [2.45, 2.75) is 18.9 Å². The molecule has 1 aromatic heterocycles. The number of hydrogen-bond donors (Lipinski definition) is 1. The van der Waals surface area contributed by atoms with Gasteiger partial charge in [0.1, 0.15) is 6.10 Å². The smallest absolute Gasteiger partial charge is 0.213 e. The summed E-state index contributed by atoms with van der Waals surface area (Å²) in [5, 5.41) is 3.18. The number of halogens is 1. The van der Waals surface area contributed by atoms with E-state index in [1.165, 1.54) is 0 Å². The van der Waals surface area contributed by atoms with Gasteiger partial charge in [0, 0.05) is 16.7 Å². The molecular formula is C11H15BrN2O. The topological polar surface area (TPSA) is 34.1 Å². The van der Waals surface area contributed by atoms with Gasteiger partial charge in [-0.3, -0.25) is 0 Å². The van der Waals surface area contributed by atoms with Crippen molar-refractivity contribution >= 4 is 15.9 Å². The maximum atomic E-state index is 5.72. The fourth-order valence-corrected chi connectivity index (χ4v) is 2.06. The molecule has 1 N–H and O–H groups in total. The molecule has 0 atom stereocenters. The van der Waals surface area contributed by atoms with Crippen molar-refractivity contribution in [3.8, 4) is 5.88 Å². The van der Waals surface area contributed by atoms with Crippen molar-refractivity contribution in [3.05, 3.63) is 22.8 Å². The van der Waals surface area contributed by atoms with Crippen LogP contribution in [0.25, 0.3) is 0 Å². The fourth-order valence-electron chi connectivity index (χ4n) is 1.83. The Morgan fingerprint density at radius 2 is 2.33 bits per heavy atom. The van der Waals surface area contributed by atoms with Crippen LogP contribution in [-0.2, 0) is 0 Å². The van der Waals surface area contributed by atoms with E-state index in [1.54, 1.807) is 6.20 Å². The molecule has 15 heavy (non-hydrogen) atoms. The van der Waals surface area contributed by atoms with Gasteiger partial charge >= 0.3 is 0 Å². The van der Waals surface area contributed by atoms with Crippen LogP contribution in [-0.4, -0.2) is 24.7 Å². The van der Waals surface area contributed by atoms with Gasteiger partial charge < -0.3 is 10.1 Å². The predicted octanol–water partition coefficient (Wildman–Crippen LogP) is 2.22. The van der Waals surface area contributed by atoms with Crippen molar-refractivity contribution in [1.82, 2.24) is 10.3 Å². The van der Waals surface area contributed by atoms with Gasteiger partial charge in [-0.1, -0.05) is 0 Å². The lowest BCUT2D eigenvalue weighted by Gasteiger charge is -2.34. The lowest BCUT2D eigenvalue weighted by atomic mass is 9.82. The molecule has 1 aliphatic rings. The van der Waals surface area contributed by atoms with Crippen molar-refractivity contribution in [2.75, 3.05) is 13.6 Å². The third kappa shape index (κ3) is 2.92. The monoisotopic (exact) mass is 270 g/mol. The second kappa shape index (κ2) is 4.94. The normalized spacial score (nSPS) is 24.7. The molecular weight excluding hydrogens is 256 g/mol. The Bertz CT molecular complexity index is 309. The maximum Gasteiger partial charge on any atom is 0.213 e. The first-order chi connectivity index (χ1) is 7.28. The highest BCUT2D eigenvalue weighted by molar-refractivity contribution is 9.10. The molecule has 0 saturated heterocycles. The number of hydrogen-bond acceptors (Lipinski definition) is 3. The molecule has 1 heterocycles. The molecule has 0 bridgehead atoms. The average molecular weight is 271 g/mol. The first-order valence-electron chi connectivity index (χ1n) is 5.20. The molecule has 0 unspecified atom stereocenters. The zero-order valence-electron chi connectivity index (χ0n) is 8.74. The van der Waals surface area contributed by atoms with Gasteiger partial charge in [-0.05, 0) is 54.3 Å². The van der Waals surface area contributed by atoms with E-state index in [2.05, 4.69) is 26.2 Å². The largest absolute Gasteiger partial charge is 0.474 e. The van der Waals surface area contributed by atoms with Crippen molar-refractivity contribution in [3.63, 3.8) is 0 Å². The lowest BCUT2D eigenvalue weighted by Crippen LogP contribution is -2.38. The minimum absolute atomic E-state index is 0.358. The zero-order chi connectivity index (χ0) is 10.7. The second-order valence-electron chi connectivity index (χ2n) is 3.95. The van der Waals surface area contributed by atoms with Crippen LogP contribution in [0.3, 0.4) is 0 Å². The average Bonchev–Trinajstić information content (AvgIpc) is 2.18. The summed E-state index contributed by atoms with van der Waals surface area (Å²) in [6.45, 7) is 1.09. The van der Waals surface area contributed by atoms with Crippen molar-refractivity contribution in [1.29, 1.82) is 0 Å². The van der Waals surface area contributed by atoms with Crippen LogP contribution >= 0.6 is 15.9 Å². The molecule has 1 aliphatic carbocycles. The van der Waals surface area contributed by atoms with E-state index < -0.39 is 0 Å². The van der Waals surface area contributed by atoms with Crippen LogP contribution in [0, 0.1) is 5.92 Å². The molecule has 0 aromatic carbocycles. The van der Waals surface area contributed by atoms with E-state index in [1.807, 2.05) is 19.2 Å². The van der Waals surface area contributed by atoms with Gasteiger partial charge in [-0.15, -0.1) is 0 Å². The van der Waals surface area contributed by atoms with Gasteiger partial charge in [0.15, 0.2) is 0 Å². The van der Waals surface area contributed by atoms with E-state index in [-0.39, 0.29) is 0 Å². The van der Waals surface area contributed by atoms with E-state index in [4.69, 9.17) is 4.74 Å². The predicted molar refractivity (Wildman–Crippen MR) is 63.0 cm³/mol. The highest BCUT2D eigenvalue weighted by atomic mass is 79.9. The third-order valence-electron chi connectivity index (χ3n) is 2.67. The van der Waals surface area contributed by atoms with Crippen LogP contribution in [0.2, 0.25) is 0 Å². The van der Waals surface area contributed by atoms with Gasteiger partial charge in [-0.2, -0.15) is 0 Å². The highest BCUT2D eigenvalue weighted by Crippen LogP contribution is 2.30. The molecule has 4 heteroatoms. The molecule has 82 valence electrons. The summed E-state index contributed by atoms with van der Waals surface area (Å²) >= 11 is 3.35. The molecule has 0 amide bonds. The fraction of sp³-hybridized carbons (Fsp3) is 0.545. The third-order valence-corrected chi connectivity index (χ3v) is 3.14. The van der Waals surface area contributed by atoms with Crippen molar-refractivity contribution in [2.24, 2.45) is 5.92 Å². The first-order valence-corrected chi connectivity index (χ1v) is 6.00. The van der Waals surface area contributed by atoms with Crippen LogP contribution in [0.1, 0.15) is 12.8 Å². The molecule has 2 rings (SSSR count). The Kier molecular flexibility index (Phi) is 3.59. The quantitative estimate of drug-likeness (QED) is 0.911. The number of nitrogens with one attached hydrogen (secondary N) is 1. The Balaban J connectivity index is 1.77. The summed E-state index contributed by atoms with van der Waals surface area (Å²) in [5.41, 5.74) is 0. The van der Waals surface area contributed by atoms with Gasteiger partial charge in [0.05, 0.1) is 0 Å². The summed E-state index contributed by atoms with van der Waals surface area (Å²) in [6.07, 6.45) is 4.40. The maximum absolute atomic E-state index is 5.72. The summed E-state index contributed by atoms with van der Waals surface area (Å²) < 4.78 is 6.71. The summed E-state index contributed by atoms with van der Waals surface area (Å²) in [5.74, 6) is 1.50. The van der Waals surface area contributed by atoms with Gasteiger partial charge in [0.2, 0.25) is 5.88 Å². The van der Waals surface area contributed by atoms with Crippen LogP contribution in [0.15, 0.2) is 22.8 Å². The molecule has 0 radical (unpaired) electrons. The van der Waals surface area contributed by atoms with Crippen LogP contribution < -0.4 is 10.1 Å². The van der Waals surface area contributed by atoms with Crippen LogP contribution in [0.5, 0.6) is 5.88 Å². The van der Waals surface area contributed by atoms with Gasteiger partial charge in [0.25, 0.3) is 0 Å². The number of nitrogens with zero attached hydrogens (tertiary/aromatic N) is 1. The Hall–Kier alpha value is -0.610. The van der Waals surface area contributed by atoms with Crippen LogP contribution in [0.4, 0.5) is 0 Å². The highest BCUT2D eigenvalue weighted by Gasteiger charge is 2.30. The van der Waals surface area contributed by atoms with E-state index in [0.717, 1.165) is 35.7 Å². The standard InChI is InChI=1S/C11H15BrN2O/c1-13-6-8-4-10(5-8)15-11-3-2-9(12)7-14-11/h2-3,7-8,10,13H,4-6H2,1H3. The summed E-state index contributed by atoms with van der Waals surface area (Å²) in [6, 6.07) is 3.85. The minimum Gasteiger partial charge on any atom is -0.474 e. The number of rotatable bonds is 4.